The summed E-state index contributed by atoms with van der Waals surface area (Å²) in [7, 11) is 0. The van der Waals surface area contributed by atoms with Crippen molar-refractivity contribution in [2.24, 2.45) is 5.92 Å². The lowest BCUT2D eigenvalue weighted by molar-refractivity contribution is -0.146. The molecule has 0 bridgehead atoms. The van der Waals surface area contributed by atoms with Crippen LogP contribution in [0.5, 0.6) is 0 Å². The van der Waals surface area contributed by atoms with Gasteiger partial charge in [-0.2, -0.15) is 0 Å². The molecule has 0 aromatic rings. The van der Waals surface area contributed by atoms with Gasteiger partial charge >= 0.3 is 12.0 Å². The van der Waals surface area contributed by atoms with Crippen LogP contribution in [0.2, 0.25) is 0 Å². The number of carbonyl (C=O) groups is 2. The SMILES string of the molecule is CC(CC1CC1)NC(=O)NC[C@H](O)C(=O)O. The molecular formula is C10H18N2O4. The minimum Gasteiger partial charge on any atom is -0.479 e. The molecule has 16 heavy (non-hydrogen) atoms. The zero-order valence-corrected chi connectivity index (χ0v) is 9.27. The molecule has 2 atom stereocenters. The van der Waals surface area contributed by atoms with Crippen LogP contribution in [0.25, 0.3) is 0 Å². The Kier molecular flexibility index (Phi) is 4.54. The molecule has 0 heterocycles. The van der Waals surface area contributed by atoms with Crippen molar-refractivity contribution in [3.05, 3.63) is 0 Å². The van der Waals surface area contributed by atoms with Crippen molar-refractivity contribution in [3.63, 3.8) is 0 Å². The first-order chi connectivity index (χ1) is 7.49. The molecule has 1 unspecified atom stereocenters. The quantitative estimate of drug-likeness (QED) is 0.513. The molecule has 4 N–H and O–H groups in total. The number of aliphatic hydroxyl groups is 1. The van der Waals surface area contributed by atoms with Crippen molar-refractivity contribution in [2.45, 2.75) is 38.3 Å². The summed E-state index contributed by atoms with van der Waals surface area (Å²) < 4.78 is 0. The Morgan fingerprint density at radius 3 is 2.56 bits per heavy atom. The molecule has 0 aromatic carbocycles. The summed E-state index contributed by atoms with van der Waals surface area (Å²) in [5.74, 6) is -0.619. The minimum atomic E-state index is -1.55. The highest BCUT2D eigenvalue weighted by atomic mass is 16.4. The third-order valence-electron chi connectivity index (χ3n) is 2.50. The lowest BCUT2D eigenvalue weighted by atomic mass is 10.2. The number of aliphatic carboxylic acids is 1. The van der Waals surface area contributed by atoms with Crippen LogP contribution in [0, 0.1) is 5.92 Å². The smallest absolute Gasteiger partial charge is 0.334 e. The van der Waals surface area contributed by atoms with Crippen LogP contribution < -0.4 is 10.6 Å². The molecule has 0 radical (unpaired) electrons. The van der Waals surface area contributed by atoms with Gasteiger partial charge < -0.3 is 20.8 Å². The van der Waals surface area contributed by atoms with Gasteiger partial charge in [0.1, 0.15) is 0 Å². The van der Waals surface area contributed by atoms with E-state index >= 15 is 0 Å². The Morgan fingerprint density at radius 1 is 1.44 bits per heavy atom. The van der Waals surface area contributed by atoms with Crippen molar-refractivity contribution in [3.8, 4) is 0 Å². The van der Waals surface area contributed by atoms with E-state index in [0.29, 0.717) is 0 Å². The maximum absolute atomic E-state index is 11.3. The molecule has 6 heteroatoms. The lowest BCUT2D eigenvalue weighted by Gasteiger charge is -2.14. The number of rotatable bonds is 6. The van der Waals surface area contributed by atoms with Gasteiger partial charge in [-0.15, -0.1) is 0 Å². The number of carboxylic acids is 1. The van der Waals surface area contributed by atoms with Crippen LogP contribution in [0.4, 0.5) is 4.79 Å². The summed E-state index contributed by atoms with van der Waals surface area (Å²) in [6, 6.07) is -0.358. The van der Waals surface area contributed by atoms with E-state index < -0.39 is 18.1 Å². The Labute approximate surface area is 94.0 Å². The van der Waals surface area contributed by atoms with E-state index in [2.05, 4.69) is 10.6 Å². The molecule has 1 rings (SSSR count). The van der Waals surface area contributed by atoms with E-state index in [1.165, 1.54) is 12.8 Å². The second kappa shape index (κ2) is 5.69. The predicted octanol–water partition coefficient (Wildman–Crippen LogP) is -0.0803. The molecule has 2 amide bonds. The molecule has 1 aliphatic carbocycles. The van der Waals surface area contributed by atoms with Crippen molar-refractivity contribution >= 4 is 12.0 Å². The summed E-state index contributed by atoms with van der Waals surface area (Å²) >= 11 is 0. The zero-order valence-electron chi connectivity index (χ0n) is 9.27. The molecule has 0 spiro atoms. The average Bonchev–Trinajstić information content (AvgIpc) is 2.97. The van der Waals surface area contributed by atoms with Gasteiger partial charge in [-0.1, -0.05) is 12.8 Å². The lowest BCUT2D eigenvalue weighted by Crippen LogP contribution is -2.45. The van der Waals surface area contributed by atoms with E-state index in [1.54, 1.807) is 0 Å². The summed E-state index contributed by atoms with van der Waals surface area (Å²) in [5.41, 5.74) is 0. The summed E-state index contributed by atoms with van der Waals surface area (Å²) in [6.45, 7) is 1.63. The molecule has 0 aliphatic heterocycles. The molecule has 6 nitrogen and oxygen atoms in total. The minimum absolute atomic E-state index is 0.0782. The highest BCUT2D eigenvalue weighted by molar-refractivity contribution is 5.76. The van der Waals surface area contributed by atoms with Crippen molar-refractivity contribution in [1.29, 1.82) is 0 Å². The number of amides is 2. The number of carboxylic acid groups (broad SMARTS) is 1. The Morgan fingerprint density at radius 2 is 2.06 bits per heavy atom. The van der Waals surface area contributed by atoms with Crippen LogP contribution in [0.1, 0.15) is 26.2 Å². The fourth-order valence-electron chi connectivity index (χ4n) is 1.46. The molecule has 0 saturated heterocycles. The van der Waals surface area contributed by atoms with Crippen LogP contribution in [0.15, 0.2) is 0 Å². The molecule has 1 fully saturated rings. The Hall–Kier alpha value is -1.30. The summed E-state index contributed by atoms with van der Waals surface area (Å²) in [5, 5.41) is 22.3. The second-order valence-corrected chi connectivity index (χ2v) is 4.29. The molecular weight excluding hydrogens is 212 g/mol. The maximum atomic E-state index is 11.3. The number of nitrogens with one attached hydrogen (secondary N) is 2. The van der Waals surface area contributed by atoms with Gasteiger partial charge in [-0.25, -0.2) is 9.59 Å². The van der Waals surface area contributed by atoms with Crippen molar-refractivity contribution in [1.82, 2.24) is 10.6 Å². The van der Waals surface area contributed by atoms with E-state index in [-0.39, 0.29) is 12.6 Å². The third-order valence-corrected chi connectivity index (χ3v) is 2.50. The molecule has 0 aromatic heterocycles. The Balaban J connectivity index is 2.11. The van der Waals surface area contributed by atoms with Gasteiger partial charge in [-0.3, -0.25) is 0 Å². The first-order valence-electron chi connectivity index (χ1n) is 5.44. The van der Waals surface area contributed by atoms with E-state index in [9.17, 15) is 9.59 Å². The van der Waals surface area contributed by atoms with Crippen molar-refractivity contribution < 1.29 is 19.8 Å². The monoisotopic (exact) mass is 230 g/mol. The fourth-order valence-corrected chi connectivity index (χ4v) is 1.46. The number of urea groups is 1. The van der Waals surface area contributed by atoms with Crippen LogP contribution in [0.3, 0.4) is 0 Å². The number of carbonyl (C=O) groups excluding carboxylic acids is 1. The summed E-state index contributed by atoms with van der Waals surface area (Å²) in [4.78, 5) is 21.5. The normalized spacial score (nSPS) is 18.6. The number of hydrogen-bond acceptors (Lipinski definition) is 3. The van der Waals surface area contributed by atoms with Gasteiger partial charge in [0.2, 0.25) is 0 Å². The van der Waals surface area contributed by atoms with Gasteiger partial charge in [0.05, 0.1) is 6.54 Å². The topological polar surface area (TPSA) is 98.7 Å². The van der Waals surface area contributed by atoms with Gasteiger partial charge in [0.15, 0.2) is 6.10 Å². The molecule has 1 aliphatic rings. The zero-order chi connectivity index (χ0) is 12.1. The summed E-state index contributed by atoms with van der Waals surface area (Å²) in [6.07, 6.45) is 1.86. The largest absolute Gasteiger partial charge is 0.479 e. The Bertz CT molecular complexity index is 266. The third kappa shape index (κ3) is 4.97. The van der Waals surface area contributed by atoms with Gasteiger partial charge in [0, 0.05) is 6.04 Å². The van der Waals surface area contributed by atoms with Gasteiger partial charge in [-0.05, 0) is 19.3 Å². The van der Waals surface area contributed by atoms with E-state index in [1.807, 2.05) is 6.92 Å². The number of hydrogen-bond donors (Lipinski definition) is 4. The highest BCUT2D eigenvalue weighted by Crippen LogP contribution is 2.33. The van der Waals surface area contributed by atoms with Crippen LogP contribution >= 0.6 is 0 Å². The van der Waals surface area contributed by atoms with E-state index in [4.69, 9.17) is 10.2 Å². The molecule has 1 saturated carbocycles. The molecule has 92 valence electrons. The second-order valence-electron chi connectivity index (χ2n) is 4.29. The van der Waals surface area contributed by atoms with Crippen LogP contribution in [-0.2, 0) is 4.79 Å². The van der Waals surface area contributed by atoms with Crippen LogP contribution in [-0.4, -0.2) is 40.9 Å². The van der Waals surface area contributed by atoms with Gasteiger partial charge in [0.25, 0.3) is 0 Å². The predicted molar refractivity (Wildman–Crippen MR) is 57.0 cm³/mol. The number of aliphatic hydroxyl groups excluding tert-OH is 1. The standard InChI is InChI=1S/C10H18N2O4/c1-6(4-7-2-3-7)12-10(16)11-5-8(13)9(14)15/h6-8,13H,2-5H2,1H3,(H,14,15)(H2,11,12,16)/t6?,8-/m0/s1. The fraction of sp³-hybridized carbons (Fsp3) is 0.800. The highest BCUT2D eigenvalue weighted by Gasteiger charge is 2.24. The van der Waals surface area contributed by atoms with Crippen molar-refractivity contribution in [2.75, 3.05) is 6.54 Å². The first-order valence-corrected chi connectivity index (χ1v) is 5.44. The first kappa shape index (κ1) is 12.8. The van der Waals surface area contributed by atoms with E-state index in [0.717, 1.165) is 12.3 Å². The average molecular weight is 230 g/mol. The maximum Gasteiger partial charge on any atom is 0.334 e.